The maximum absolute atomic E-state index is 9.16. The van der Waals surface area contributed by atoms with Crippen LogP contribution in [0.5, 0.6) is 0 Å². The van der Waals surface area contributed by atoms with Crippen LogP contribution in [0, 0.1) is 0 Å². The molecule has 0 spiro atoms. The van der Waals surface area contributed by atoms with E-state index < -0.39 is 0 Å². The average molecular weight is 320 g/mol. The molecule has 0 radical (unpaired) electrons. The summed E-state index contributed by atoms with van der Waals surface area (Å²) in [6.07, 6.45) is 0.735. The lowest BCUT2D eigenvalue weighted by atomic mass is 9.85. The van der Waals surface area contributed by atoms with Gasteiger partial charge in [0, 0.05) is 22.0 Å². The highest BCUT2D eigenvalue weighted by Crippen LogP contribution is 2.41. The Morgan fingerprint density at radius 3 is 2.29 bits per heavy atom. The van der Waals surface area contributed by atoms with E-state index in [1.54, 1.807) is 6.07 Å². The molecule has 0 saturated heterocycles. The largest absolute Gasteiger partial charge is 0.411 e. The van der Waals surface area contributed by atoms with E-state index >= 15 is 0 Å². The first-order valence-electron chi connectivity index (χ1n) is 6.73. The second-order valence-electron chi connectivity index (χ2n) is 6.03. The molecule has 0 heterocycles. The molecule has 0 aromatic heterocycles. The first-order valence-corrected chi connectivity index (χ1v) is 7.48. The van der Waals surface area contributed by atoms with Crippen molar-refractivity contribution in [1.29, 1.82) is 0 Å². The zero-order valence-electron chi connectivity index (χ0n) is 11.8. The molecule has 0 unspecified atom stereocenters. The highest BCUT2D eigenvalue weighted by atomic mass is 35.5. The second kappa shape index (κ2) is 5.04. The van der Waals surface area contributed by atoms with Crippen LogP contribution in [0.3, 0.4) is 0 Å². The standard InChI is InChI=1S/C17H15Cl2NO/c1-17(2)9-16(20-21)14-4-3-10(7-15(14)17)11-5-12(18)8-13(19)6-11/h3-8,21H,9H2,1-2H3. The quantitative estimate of drug-likeness (QED) is 0.544. The fraction of sp³-hybridized carbons (Fsp3) is 0.235. The van der Waals surface area contributed by atoms with Gasteiger partial charge in [0.1, 0.15) is 0 Å². The summed E-state index contributed by atoms with van der Waals surface area (Å²) in [6, 6.07) is 11.7. The third kappa shape index (κ3) is 2.54. The lowest BCUT2D eigenvalue weighted by Gasteiger charge is -2.19. The van der Waals surface area contributed by atoms with Crippen LogP contribution in [0.2, 0.25) is 10.0 Å². The van der Waals surface area contributed by atoms with E-state index in [4.69, 9.17) is 28.4 Å². The van der Waals surface area contributed by atoms with Crippen LogP contribution in [0.15, 0.2) is 41.6 Å². The summed E-state index contributed by atoms with van der Waals surface area (Å²) < 4.78 is 0. The summed E-state index contributed by atoms with van der Waals surface area (Å²) in [4.78, 5) is 0. The Labute approximate surface area is 134 Å². The van der Waals surface area contributed by atoms with Crippen LogP contribution in [0.25, 0.3) is 11.1 Å². The molecule has 0 saturated carbocycles. The third-order valence-electron chi connectivity index (χ3n) is 3.99. The van der Waals surface area contributed by atoms with Crippen molar-refractivity contribution in [3.05, 3.63) is 57.6 Å². The summed E-state index contributed by atoms with van der Waals surface area (Å²) in [5, 5.41) is 13.8. The van der Waals surface area contributed by atoms with Crippen LogP contribution >= 0.6 is 23.2 Å². The van der Waals surface area contributed by atoms with Crippen LogP contribution in [-0.4, -0.2) is 10.9 Å². The van der Waals surface area contributed by atoms with Crippen molar-refractivity contribution in [2.45, 2.75) is 25.7 Å². The molecular formula is C17H15Cl2NO. The van der Waals surface area contributed by atoms with Gasteiger partial charge in [-0.3, -0.25) is 0 Å². The lowest BCUT2D eigenvalue weighted by Crippen LogP contribution is -2.12. The molecule has 1 aliphatic rings. The first-order chi connectivity index (χ1) is 9.90. The summed E-state index contributed by atoms with van der Waals surface area (Å²) in [5.74, 6) is 0. The maximum Gasteiger partial charge on any atom is 0.0879 e. The van der Waals surface area contributed by atoms with E-state index in [9.17, 15) is 0 Å². The molecule has 21 heavy (non-hydrogen) atoms. The fourth-order valence-electron chi connectivity index (χ4n) is 2.95. The summed E-state index contributed by atoms with van der Waals surface area (Å²) in [6.45, 7) is 4.30. The molecule has 0 amide bonds. The van der Waals surface area contributed by atoms with Crippen molar-refractivity contribution in [1.82, 2.24) is 0 Å². The van der Waals surface area contributed by atoms with Gasteiger partial charge in [0.25, 0.3) is 0 Å². The van der Waals surface area contributed by atoms with Crippen LogP contribution in [-0.2, 0) is 5.41 Å². The first kappa shape index (κ1) is 14.4. The number of nitrogens with zero attached hydrogens (tertiary/aromatic N) is 1. The Hall–Kier alpha value is -1.51. The number of hydrogen-bond acceptors (Lipinski definition) is 2. The van der Waals surface area contributed by atoms with Gasteiger partial charge < -0.3 is 5.21 Å². The van der Waals surface area contributed by atoms with E-state index in [1.807, 2.05) is 24.3 Å². The van der Waals surface area contributed by atoms with Gasteiger partial charge in [0.15, 0.2) is 0 Å². The third-order valence-corrected chi connectivity index (χ3v) is 4.42. The van der Waals surface area contributed by atoms with Gasteiger partial charge in [-0.25, -0.2) is 0 Å². The Morgan fingerprint density at radius 2 is 1.67 bits per heavy atom. The monoisotopic (exact) mass is 319 g/mol. The number of fused-ring (bicyclic) bond motifs is 1. The number of oxime groups is 1. The predicted octanol–water partition coefficient (Wildman–Crippen LogP) is 5.52. The molecule has 0 bridgehead atoms. The minimum Gasteiger partial charge on any atom is -0.411 e. The smallest absolute Gasteiger partial charge is 0.0879 e. The van der Waals surface area contributed by atoms with Crippen molar-refractivity contribution in [2.75, 3.05) is 0 Å². The van der Waals surface area contributed by atoms with Gasteiger partial charge in [-0.05, 0) is 46.4 Å². The van der Waals surface area contributed by atoms with Crippen molar-refractivity contribution in [2.24, 2.45) is 5.16 Å². The molecule has 2 nitrogen and oxygen atoms in total. The molecule has 2 aromatic rings. The SMILES string of the molecule is CC1(C)CC(=NO)c2ccc(-c3cc(Cl)cc(Cl)c3)cc21. The normalized spacial score (nSPS) is 18.0. The Balaban J connectivity index is 2.16. The minimum atomic E-state index is -0.0464. The number of rotatable bonds is 1. The van der Waals surface area contributed by atoms with Gasteiger partial charge in [0.05, 0.1) is 5.71 Å². The molecule has 0 atom stereocenters. The maximum atomic E-state index is 9.16. The summed E-state index contributed by atoms with van der Waals surface area (Å²) >= 11 is 12.2. The van der Waals surface area contributed by atoms with E-state index in [1.165, 1.54) is 5.56 Å². The van der Waals surface area contributed by atoms with Crippen LogP contribution in [0.4, 0.5) is 0 Å². The minimum absolute atomic E-state index is 0.0464. The van der Waals surface area contributed by atoms with E-state index in [2.05, 4.69) is 25.1 Å². The Bertz CT molecular complexity index is 730. The van der Waals surface area contributed by atoms with Gasteiger partial charge in [-0.2, -0.15) is 0 Å². The molecule has 0 fully saturated rings. The molecule has 0 aliphatic heterocycles. The van der Waals surface area contributed by atoms with Gasteiger partial charge >= 0.3 is 0 Å². The Morgan fingerprint density at radius 1 is 1.00 bits per heavy atom. The van der Waals surface area contributed by atoms with Gasteiger partial charge in [-0.15, -0.1) is 0 Å². The van der Waals surface area contributed by atoms with Crippen LogP contribution < -0.4 is 0 Å². The molecular weight excluding hydrogens is 305 g/mol. The van der Waals surface area contributed by atoms with Crippen molar-refractivity contribution in [3.8, 4) is 11.1 Å². The number of hydrogen-bond donors (Lipinski definition) is 1. The molecule has 1 N–H and O–H groups in total. The zero-order valence-corrected chi connectivity index (χ0v) is 13.3. The average Bonchev–Trinajstić information content (AvgIpc) is 2.69. The van der Waals surface area contributed by atoms with Crippen molar-refractivity contribution in [3.63, 3.8) is 0 Å². The molecule has 1 aliphatic carbocycles. The van der Waals surface area contributed by atoms with Gasteiger partial charge in [-0.1, -0.05) is 54.3 Å². The predicted molar refractivity (Wildman–Crippen MR) is 87.9 cm³/mol. The summed E-state index contributed by atoms with van der Waals surface area (Å²) in [7, 11) is 0. The van der Waals surface area contributed by atoms with Crippen molar-refractivity contribution >= 4 is 28.9 Å². The van der Waals surface area contributed by atoms with Gasteiger partial charge in [0.2, 0.25) is 0 Å². The highest BCUT2D eigenvalue weighted by Gasteiger charge is 2.34. The molecule has 108 valence electrons. The summed E-state index contributed by atoms with van der Waals surface area (Å²) in [5.41, 5.74) is 4.94. The van der Waals surface area contributed by atoms with E-state index in [-0.39, 0.29) is 5.41 Å². The number of halogens is 2. The Kier molecular flexibility index (Phi) is 3.46. The molecule has 2 aromatic carbocycles. The second-order valence-corrected chi connectivity index (χ2v) is 6.90. The molecule has 3 rings (SSSR count). The fourth-order valence-corrected chi connectivity index (χ4v) is 3.48. The van der Waals surface area contributed by atoms with E-state index in [0.717, 1.165) is 28.8 Å². The lowest BCUT2D eigenvalue weighted by molar-refractivity contribution is 0.317. The van der Waals surface area contributed by atoms with E-state index in [0.29, 0.717) is 10.0 Å². The number of benzene rings is 2. The van der Waals surface area contributed by atoms with Crippen molar-refractivity contribution < 1.29 is 5.21 Å². The topological polar surface area (TPSA) is 32.6 Å². The highest BCUT2D eigenvalue weighted by molar-refractivity contribution is 6.35. The molecule has 4 heteroatoms. The van der Waals surface area contributed by atoms with Crippen LogP contribution in [0.1, 0.15) is 31.4 Å². The zero-order chi connectivity index (χ0) is 15.2.